The number of hydrogen-bond donors (Lipinski definition) is 2. The Morgan fingerprint density at radius 2 is 1.95 bits per heavy atom. The monoisotopic (exact) mass is 297 g/mol. The number of benzene rings is 1. The normalized spacial score (nSPS) is 10.6. The standard InChI is InChI=1S/C14H15N7O/c1-9-12(11-8-16-20(2)18-11)19-21(13(9)17-14(15)22)10-6-4-3-5-7-10/h3-8H,1-2H3,(H3,15,17,22). The molecule has 0 fully saturated rings. The second-order valence-electron chi connectivity index (χ2n) is 4.78. The molecule has 8 nitrogen and oxygen atoms in total. The van der Waals surface area contributed by atoms with Gasteiger partial charge in [-0.05, 0) is 19.1 Å². The summed E-state index contributed by atoms with van der Waals surface area (Å²) in [5.41, 5.74) is 8.11. The molecule has 3 N–H and O–H groups in total. The van der Waals surface area contributed by atoms with Gasteiger partial charge < -0.3 is 5.73 Å². The SMILES string of the molecule is Cc1c(-c2cnn(C)n2)nn(-c2ccccc2)c1NC(N)=O. The van der Waals surface area contributed by atoms with Crippen molar-refractivity contribution in [3.8, 4) is 17.1 Å². The van der Waals surface area contributed by atoms with Gasteiger partial charge in [0.05, 0.1) is 11.9 Å². The number of para-hydroxylation sites is 1. The van der Waals surface area contributed by atoms with Gasteiger partial charge in [0, 0.05) is 12.6 Å². The van der Waals surface area contributed by atoms with Crippen LogP contribution in [0.5, 0.6) is 0 Å². The molecule has 1 aromatic carbocycles. The molecule has 0 aliphatic carbocycles. The van der Waals surface area contributed by atoms with Crippen LogP contribution in [0.3, 0.4) is 0 Å². The van der Waals surface area contributed by atoms with Gasteiger partial charge in [-0.1, -0.05) is 18.2 Å². The molecule has 3 rings (SSSR count). The van der Waals surface area contributed by atoms with Gasteiger partial charge in [0.1, 0.15) is 17.2 Å². The van der Waals surface area contributed by atoms with Crippen LogP contribution in [0.15, 0.2) is 36.5 Å². The summed E-state index contributed by atoms with van der Waals surface area (Å²) in [5.74, 6) is 0.513. The number of nitrogens with one attached hydrogen (secondary N) is 1. The minimum Gasteiger partial charge on any atom is -0.351 e. The van der Waals surface area contributed by atoms with E-state index in [-0.39, 0.29) is 0 Å². The van der Waals surface area contributed by atoms with Gasteiger partial charge in [-0.3, -0.25) is 5.32 Å². The molecule has 0 bridgehead atoms. The number of carbonyl (C=O) groups excluding carboxylic acids is 1. The summed E-state index contributed by atoms with van der Waals surface area (Å²) in [4.78, 5) is 12.7. The highest BCUT2D eigenvalue weighted by molar-refractivity contribution is 5.89. The van der Waals surface area contributed by atoms with Gasteiger partial charge in [-0.25, -0.2) is 9.48 Å². The van der Waals surface area contributed by atoms with E-state index >= 15 is 0 Å². The van der Waals surface area contributed by atoms with Crippen molar-refractivity contribution in [3.05, 3.63) is 42.1 Å². The number of amides is 2. The molecule has 0 aliphatic rings. The van der Waals surface area contributed by atoms with E-state index < -0.39 is 6.03 Å². The molecule has 0 saturated carbocycles. The first-order valence-electron chi connectivity index (χ1n) is 6.64. The Labute approximate surface area is 126 Å². The van der Waals surface area contributed by atoms with Crippen LogP contribution in [0.1, 0.15) is 5.56 Å². The molecule has 0 aliphatic heterocycles. The molecule has 8 heteroatoms. The zero-order chi connectivity index (χ0) is 15.7. The number of nitrogens with two attached hydrogens (primary N) is 1. The topological polar surface area (TPSA) is 104 Å². The lowest BCUT2D eigenvalue weighted by Crippen LogP contribution is -2.21. The van der Waals surface area contributed by atoms with Crippen molar-refractivity contribution in [1.82, 2.24) is 24.8 Å². The summed E-state index contributed by atoms with van der Waals surface area (Å²) in [5, 5.41) is 15.5. The molecule has 0 saturated heterocycles. The van der Waals surface area contributed by atoms with Gasteiger partial charge in [-0.15, -0.1) is 0 Å². The van der Waals surface area contributed by atoms with Crippen molar-refractivity contribution in [2.75, 3.05) is 5.32 Å². The number of urea groups is 1. The highest BCUT2D eigenvalue weighted by Gasteiger charge is 2.19. The first-order valence-corrected chi connectivity index (χ1v) is 6.64. The van der Waals surface area contributed by atoms with Crippen molar-refractivity contribution in [1.29, 1.82) is 0 Å². The van der Waals surface area contributed by atoms with Gasteiger partial charge in [0.25, 0.3) is 0 Å². The number of aryl methyl sites for hydroxylation is 1. The molecule has 2 heterocycles. The Morgan fingerprint density at radius 3 is 2.55 bits per heavy atom. The van der Waals surface area contributed by atoms with E-state index in [0.717, 1.165) is 11.3 Å². The first kappa shape index (κ1) is 13.8. The van der Waals surface area contributed by atoms with Crippen LogP contribution < -0.4 is 11.1 Å². The van der Waals surface area contributed by atoms with Crippen molar-refractivity contribution in [2.24, 2.45) is 12.8 Å². The molecule has 2 aromatic heterocycles. The van der Waals surface area contributed by atoms with Gasteiger partial charge in [-0.2, -0.15) is 20.1 Å². The first-order chi connectivity index (χ1) is 10.6. The molecule has 2 amide bonds. The zero-order valence-corrected chi connectivity index (χ0v) is 12.2. The summed E-state index contributed by atoms with van der Waals surface area (Å²) >= 11 is 0. The van der Waals surface area contributed by atoms with Crippen LogP contribution in [0.2, 0.25) is 0 Å². The van der Waals surface area contributed by atoms with Gasteiger partial charge in [0.2, 0.25) is 0 Å². The fourth-order valence-corrected chi connectivity index (χ4v) is 2.21. The summed E-state index contributed by atoms with van der Waals surface area (Å²) in [6.07, 6.45) is 1.62. The maximum absolute atomic E-state index is 11.3. The smallest absolute Gasteiger partial charge is 0.317 e. The van der Waals surface area contributed by atoms with E-state index in [0.29, 0.717) is 17.2 Å². The van der Waals surface area contributed by atoms with E-state index in [1.54, 1.807) is 17.9 Å². The predicted octanol–water partition coefficient (Wildman–Crippen LogP) is 1.47. The summed E-state index contributed by atoms with van der Waals surface area (Å²) < 4.78 is 1.63. The fourth-order valence-electron chi connectivity index (χ4n) is 2.21. The number of rotatable bonds is 3. The molecule has 0 radical (unpaired) electrons. The Kier molecular flexibility index (Phi) is 3.34. The third-order valence-electron chi connectivity index (χ3n) is 3.21. The van der Waals surface area contributed by atoms with Crippen LogP contribution in [0.4, 0.5) is 10.6 Å². The zero-order valence-electron chi connectivity index (χ0n) is 12.2. The maximum Gasteiger partial charge on any atom is 0.317 e. The number of carbonyl (C=O) groups is 1. The van der Waals surface area contributed by atoms with Crippen LogP contribution in [-0.2, 0) is 7.05 Å². The second-order valence-corrected chi connectivity index (χ2v) is 4.78. The number of anilines is 1. The van der Waals surface area contributed by atoms with E-state index in [9.17, 15) is 4.79 Å². The average molecular weight is 297 g/mol. The minimum atomic E-state index is -0.647. The van der Waals surface area contributed by atoms with Gasteiger partial charge >= 0.3 is 6.03 Å². The van der Waals surface area contributed by atoms with Crippen molar-refractivity contribution < 1.29 is 4.79 Å². The van der Waals surface area contributed by atoms with Crippen molar-refractivity contribution in [3.63, 3.8) is 0 Å². The molecule has 0 atom stereocenters. The number of nitrogens with zero attached hydrogens (tertiary/aromatic N) is 5. The fraction of sp³-hybridized carbons (Fsp3) is 0.143. The van der Waals surface area contributed by atoms with Crippen LogP contribution in [0.25, 0.3) is 17.1 Å². The molecule has 0 unspecified atom stereocenters. The lowest BCUT2D eigenvalue weighted by Gasteiger charge is -2.07. The molecule has 3 aromatic rings. The Morgan fingerprint density at radius 1 is 1.23 bits per heavy atom. The lowest BCUT2D eigenvalue weighted by molar-refractivity contribution is 0.259. The van der Waals surface area contributed by atoms with Crippen molar-refractivity contribution in [2.45, 2.75) is 6.92 Å². The summed E-state index contributed by atoms with van der Waals surface area (Å²) in [6.45, 7) is 1.85. The lowest BCUT2D eigenvalue weighted by atomic mass is 10.2. The van der Waals surface area contributed by atoms with E-state index in [1.165, 1.54) is 4.80 Å². The molecular formula is C14H15N7O. The van der Waals surface area contributed by atoms with E-state index in [4.69, 9.17) is 5.73 Å². The average Bonchev–Trinajstić information content (AvgIpc) is 3.05. The number of aromatic nitrogens is 5. The van der Waals surface area contributed by atoms with E-state index in [2.05, 4.69) is 20.6 Å². The Bertz CT molecular complexity index is 819. The Balaban J connectivity index is 2.18. The highest BCUT2D eigenvalue weighted by atomic mass is 16.2. The minimum absolute atomic E-state index is 0.513. The third kappa shape index (κ3) is 2.41. The molecule has 0 spiro atoms. The third-order valence-corrected chi connectivity index (χ3v) is 3.21. The second kappa shape index (κ2) is 5.32. The van der Waals surface area contributed by atoms with Crippen LogP contribution >= 0.6 is 0 Å². The highest BCUT2D eigenvalue weighted by Crippen LogP contribution is 2.28. The van der Waals surface area contributed by atoms with E-state index in [1.807, 2.05) is 37.3 Å². The molecular weight excluding hydrogens is 282 g/mol. The predicted molar refractivity (Wildman–Crippen MR) is 81.5 cm³/mol. The molecule has 22 heavy (non-hydrogen) atoms. The van der Waals surface area contributed by atoms with Crippen LogP contribution in [-0.4, -0.2) is 30.8 Å². The largest absolute Gasteiger partial charge is 0.351 e. The van der Waals surface area contributed by atoms with Crippen molar-refractivity contribution >= 4 is 11.8 Å². The maximum atomic E-state index is 11.3. The quantitative estimate of drug-likeness (QED) is 0.763. The Hall–Kier alpha value is -3.16. The molecule has 112 valence electrons. The number of hydrogen-bond acceptors (Lipinski definition) is 4. The van der Waals surface area contributed by atoms with Gasteiger partial charge in [0.15, 0.2) is 0 Å². The number of primary amides is 1. The summed E-state index contributed by atoms with van der Waals surface area (Å²) in [6, 6.07) is 8.82. The van der Waals surface area contributed by atoms with Crippen LogP contribution in [0, 0.1) is 6.92 Å². The summed E-state index contributed by atoms with van der Waals surface area (Å²) in [7, 11) is 1.73.